The lowest BCUT2D eigenvalue weighted by Crippen LogP contribution is -2.25. The van der Waals surface area contributed by atoms with E-state index in [1.165, 1.54) is 18.2 Å². The number of halogens is 2. The molecule has 1 amide bonds. The number of rotatable bonds is 8. The number of benzene rings is 2. The first kappa shape index (κ1) is 21.5. The predicted octanol–water partition coefficient (Wildman–Crippen LogP) is 2.45. The highest BCUT2D eigenvalue weighted by Crippen LogP contribution is 2.18. The maximum absolute atomic E-state index is 13.5. The number of hydrogen-bond acceptors (Lipinski definition) is 5. The van der Waals surface area contributed by atoms with Gasteiger partial charge in [-0.05, 0) is 36.8 Å². The van der Waals surface area contributed by atoms with Gasteiger partial charge in [0.15, 0.2) is 6.61 Å². The highest BCUT2D eigenvalue weighted by molar-refractivity contribution is 7.89. The summed E-state index contributed by atoms with van der Waals surface area (Å²) >= 11 is 0. The number of carbonyl (C=O) groups is 2. The zero-order valence-corrected chi connectivity index (χ0v) is 15.7. The highest BCUT2D eigenvalue weighted by atomic mass is 32.2. The van der Waals surface area contributed by atoms with Crippen LogP contribution >= 0.6 is 0 Å². The van der Waals surface area contributed by atoms with Crippen LogP contribution in [-0.2, 0) is 19.6 Å². The van der Waals surface area contributed by atoms with Crippen LogP contribution in [0.3, 0.4) is 0 Å². The minimum absolute atomic E-state index is 0.0933. The molecule has 0 saturated heterocycles. The molecule has 2 aromatic rings. The number of nitrogens with one attached hydrogen (secondary N) is 2. The Morgan fingerprint density at radius 3 is 2.36 bits per heavy atom. The van der Waals surface area contributed by atoms with Crippen molar-refractivity contribution in [3.8, 4) is 0 Å². The van der Waals surface area contributed by atoms with Crippen molar-refractivity contribution >= 4 is 27.6 Å². The lowest BCUT2D eigenvalue weighted by Gasteiger charge is -2.09. The molecule has 0 radical (unpaired) electrons. The molecule has 150 valence electrons. The Balaban J connectivity index is 2.01. The van der Waals surface area contributed by atoms with Gasteiger partial charge in [-0.25, -0.2) is 26.7 Å². The third-order valence-corrected chi connectivity index (χ3v) is 4.94. The van der Waals surface area contributed by atoms with E-state index in [1.807, 2.05) is 5.32 Å². The second-order valence-electron chi connectivity index (χ2n) is 5.65. The summed E-state index contributed by atoms with van der Waals surface area (Å²) in [5, 5.41) is 1.97. The zero-order valence-electron chi connectivity index (χ0n) is 14.9. The normalized spacial score (nSPS) is 11.1. The van der Waals surface area contributed by atoms with Gasteiger partial charge in [0.25, 0.3) is 5.91 Å². The van der Waals surface area contributed by atoms with Crippen molar-refractivity contribution in [3.63, 3.8) is 0 Å². The van der Waals surface area contributed by atoms with E-state index in [0.717, 1.165) is 24.3 Å². The van der Waals surface area contributed by atoms with Gasteiger partial charge in [0.05, 0.1) is 10.5 Å². The van der Waals surface area contributed by atoms with Crippen LogP contribution in [0.25, 0.3) is 0 Å². The first-order chi connectivity index (χ1) is 13.2. The molecular formula is C18H18F2N2O5S. The van der Waals surface area contributed by atoms with Gasteiger partial charge in [-0.1, -0.05) is 19.1 Å². The van der Waals surface area contributed by atoms with E-state index in [9.17, 15) is 26.8 Å². The average molecular weight is 412 g/mol. The Bertz CT molecular complexity index is 959. The fourth-order valence-corrected chi connectivity index (χ4v) is 3.30. The summed E-state index contributed by atoms with van der Waals surface area (Å²) in [5.41, 5.74) is -0.747. The molecule has 7 nitrogen and oxygen atoms in total. The number of esters is 1. The number of ether oxygens (including phenoxy) is 1. The molecule has 2 N–H and O–H groups in total. The topological polar surface area (TPSA) is 102 Å². The van der Waals surface area contributed by atoms with Crippen molar-refractivity contribution in [2.45, 2.75) is 18.2 Å². The van der Waals surface area contributed by atoms with Crippen LogP contribution in [0.2, 0.25) is 0 Å². The van der Waals surface area contributed by atoms with Crippen molar-refractivity contribution in [1.82, 2.24) is 4.72 Å². The summed E-state index contributed by atoms with van der Waals surface area (Å²) in [6.07, 6.45) is 0.596. The van der Waals surface area contributed by atoms with Gasteiger partial charge in [0, 0.05) is 6.54 Å². The van der Waals surface area contributed by atoms with Crippen LogP contribution in [0.1, 0.15) is 23.7 Å². The lowest BCUT2D eigenvalue weighted by molar-refractivity contribution is -0.119. The lowest BCUT2D eigenvalue weighted by atomic mass is 10.2. The van der Waals surface area contributed by atoms with Crippen molar-refractivity contribution in [2.75, 3.05) is 18.5 Å². The molecular weight excluding hydrogens is 394 g/mol. The minimum Gasteiger partial charge on any atom is -0.452 e. The largest absolute Gasteiger partial charge is 0.452 e. The number of hydrogen-bond donors (Lipinski definition) is 2. The first-order valence-corrected chi connectivity index (χ1v) is 9.73. The van der Waals surface area contributed by atoms with Gasteiger partial charge in [-0.2, -0.15) is 0 Å². The molecule has 2 aromatic carbocycles. The fraction of sp³-hybridized carbons (Fsp3) is 0.222. The van der Waals surface area contributed by atoms with Gasteiger partial charge in [0.1, 0.15) is 17.3 Å². The Morgan fingerprint density at radius 1 is 1.07 bits per heavy atom. The quantitative estimate of drug-likeness (QED) is 0.649. The Labute approximate surface area is 160 Å². The van der Waals surface area contributed by atoms with E-state index in [-0.39, 0.29) is 17.0 Å². The molecule has 0 heterocycles. The van der Waals surface area contributed by atoms with Crippen molar-refractivity contribution in [2.24, 2.45) is 0 Å². The van der Waals surface area contributed by atoms with Crippen LogP contribution < -0.4 is 10.0 Å². The van der Waals surface area contributed by atoms with Gasteiger partial charge < -0.3 is 10.1 Å². The minimum atomic E-state index is -3.78. The number of para-hydroxylation sites is 1. The molecule has 0 aliphatic rings. The fourth-order valence-electron chi connectivity index (χ4n) is 2.12. The van der Waals surface area contributed by atoms with Crippen LogP contribution in [0.15, 0.2) is 47.4 Å². The number of anilines is 1. The molecule has 0 aliphatic heterocycles. The Hall–Kier alpha value is -2.85. The molecule has 10 heteroatoms. The second-order valence-corrected chi connectivity index (χ2v) is 7.41. The standard InChI is InChI=1S/C18H18F2N2O5S/c1-2-9-21-28(25,26)13-6-3-5-12(10-13)18(24)27-11-16(23)22-17-14(19)7-4-8-15(17)20/h3-8,10,21H,2,9,11H2,1H3,(H,22,23). The molecule has 0 bridgehead atoms. The summed E-state index contributed by atoms with van der Waals surface area (Å²) in [4.78, 5) is 23.7. The summed E-state index contributed by atoms with van der Waals surface area (Å²) in [5.74, 6) is -3.86. The number of carbonyl (C=O) groups excluding carboxylic acids is 2. The molecule has 0 aromatic heterocycles. The molecule has 2 rings (SSSR count). The van der Waals surface area contributed by atoms with Crippen molar-refractivity contribution in [1.29, 1.82) is 0 Å². The Morgan fingerprint density at radius 2 is 1.71 bits per heavy atom. The first-order valence-electron chi connectivity index (χ1n) is 8.25. The van der Waals surface area contributed by atoms with Crippen LogP contribution in [-0.4, -0.2) is 33.4 Å². The molecule has 28 heavy (non-hydrogen) atoms. The maximum atomic E-state index is 13.5. The molecule has 0 atom stereocenters. The van der Waals surface area contributed by atoms with Gasteiger partial charge in [-0.15, -0.1) is 0 Å². The SMILES string of the molecule is CCCNS(=O)(=O)c1cccc(C(=O)OCC(=O)Nc2c(F)cccc2F)c1. The predicted molar refractivity (Wildman–Crippen MR) is 97.2 cm³/mol. The third-order valence-electron chi connectivity index (χ3n) is 3.48. The summed E-state index contributed by atoms with van der Waals surface area (Å²) in [6, 6.07) is 8.14. The van der Waals surface area contributed by atoms with Crippen molar-refractivity contribution < 1.29 is 31.5 Å². The molecule has 0 spiro atoms. The molecule has 0 aliphatic carbocycles. The maximum Gasteiger partial charge on any atom is 0.338 e. The van der Waals surface area contributed by atoms with E-state index in [2.05, 4.69) is 4.72 Å². The van der Waals surface area contributed by atoms with Crippen LogP contribution in [0.5, 0.6) is 0 Å². The van der Waals surface area contributed by atoms with Crippen LogP contribution in [0.4, 0.5) is 14.5 Å². The van der Waals surface area contributed by atoms with Crippen LogP contribution in [0, 0.1) is 11.6 Å². The van der Waals surface area contributed by atoms with E-state index in [4.69, 9.17) is 4.74 Å². The molecule has 0 fully saturated rings. The van der Waals surface area contributed by atoms with Gasteiger partial charge >= 0.3 is 5.97 Å². The third kappa shape index (κ3) is 5.57. The summed E-state index contributed by atoms with van der Waals surface area (Å²) in [6.45, 7) is 1.23. The van der Waals surface area contributed by atoms with E-state index >= 15 is 0 Å². The average Bonchev–Trinajstić information content (AvgIpc) is 2.67. The van der Waals surface area contributed by atoms with Crippen molar-refractivity contribution in [3.05, 3.63) is 59.7 Å². The van der Waals surface area contributed by atoms with Gasteiger partial charge in [-0.3, -0.25) is 4.79 Å². The highest BCUT2D eigenvalue weighted by Gasteiger charge is 2.18. The van der Waals surface area contributed by atoms with E-state index in [0.29, 0.717) is 6.42 Å². The second kappa shape index (κ2) is 9.38. The van der Waals surface area contributed by atoms with E-state index < -0.39 is 45.8 Å². The molecule has 0 saturated carbocycles. The zero-order chi connectivity index (χ0) is 20.7. The smallest absolute Gasteiger partial charge is 0.338 e. The monoisotopic (exact) mass is 412 g/mol. The number of amides is 1. The Kier molecular flexibility index (Phi) is 7.18. The van der Waals surface area contributed by atoms with E-state index in [1.54, 1.807) is 6.92 Å². The summed E-state index contributed by atoms with van der Waals surface area (Å²) < 4.78 is 58.3. The molecule has 0 unspecified atom stereocenters. The van der Waals surface area contributed by atoms with Gasteiger partial charge in [0.2, 0.25) is 10.0 Å². The summed E-state index contributed by atoms with van der Waals surface area (Å²) in [7, 11) is -3.78. The number of sulfonamides is 1.